The van der Waals surface area contributed by atoms with E-state index in [2.05, 4.69) is 16.0 Å². The number of aromatic nitrogens is 2. The molecule has 3 rings (SSSR count). The van der Waals surface area contributed by atoms with E-state index in [1.807, 2.05) is 54.6 Å². The fourth-order valence-corrected chi connectivity index (χ4v) is 2.07. The van der Waals surface area contributed by atoms with Crippen LogP contribution in [-0.2, 0) is 6.61 Å². The minimum absolute atomic E-state index is 0.329. The maximum atomic E-state index is 9.07. The van der Waals surface area contributed by atoms with Gasteiger partial charge in [-0.1, -0.05) is 42.5 Å². The van der Waals surface area contributed by atoms with E-state index in [-0.39, 0.29) is 0 Å². The van der Waals surface area contributed by atoms with Crippen LogP contribution < -0.4 is 4.74 Å². The molecule has 3 aromatic rings. The minimum Gasteiger partial charge on any atom is -0.489 e. The lowest BCUT2D eigenvalue weighted by atomic mass is 10.1. The van der Waals surface area contributed by atoms with Crippen LogP contribution in [0.4, 0.5) is 0 Å². The second-order valence-corrected chi connectivity index (χ2v) is 4.66. The first kappa shape index (κ1) is 13.8. The van der Waals surface area contributed by atoms with Gasteiger partial charge in [-0.15, -0.1) is 0 Å². The van der Waals surface area contributed by atoms with Gasteiger partial charge in [0.25, 0.3) is 0 Å². The number of para-hydroxylation sites is 1. The molecule has 22 heavy (non-hydrogen) atoms. The number of nitrogens with zero attached hydrogens (tertiary/aromatic N) is 3. The number of nitriles is 1. The van der Waals surface area contributed by atoms with Crippen molar-refractivity contribution in [1.82, 2.24) is 9.97 Å². The number of benzene rings is 2. The first-order valence-corrected chi connectivity index (χ1v) is 6.85. The van der Waals surface area contributed by atoms with Gasteiger partial charge in [-0.3, -0.25) is 4.98 Å². The Kier molecular flexibility index (Phi) is 4.08. The van der Waals surface area contributed by atoms with E-state index >= 15 is 0 Å². The third-order valence-corrected chi connectivity index (χ3v) is 3.18. The van der Waals surface area contributed by atoms with Gasteiger partial charge in [0.05, 0.1) is 0 Å². The smallest absolute Gasteiger partial charge is 0.166 e. The molecule has 0 bridgehead atoms. The van der Waals surface area contributed by atoms with Gasteiger partial charge in [-0.2, -0.15) is 5.26 Å². The predicted octanol–water partition coefficient (Wildman–Crippen LogP) is 3.59. The molecule has 0 saturated carbocycles. The number of rotatable bonds is 4. The molecule has 4 heteroatoms. The van der Waals surface area contributed by atoms with Crippen molar-refractivity contribution in [3.63, 3.8) is 0 Å². The molecular formula is C18H13N3O. The van der Waals surface area contributed by atoms with Crippen molar-refractivity contribution in [1.29, 1.82) is 5.26 Å². The SMILES string of the molecule is N#Cc1nccnc1-c1ccc(COc2ccccc2)cc1. The lowest BCUT2D eigenvalue weighted by Crippen LogP contribution is -1.96. The zero-order valence-corrected chi connectivity index (χ0v) is 11.8. The first-order valence-electron chi connectivity index (χ1n) is 6.85. The molecule has 0 saturated heterocycles. The normalized spacial score (nSPS) is 9.95. The molecule has 0 amide bonds. The number of hydrogen-bond acceptors (Lipinski definition) is 4. The van der Waals surface area contributed by atoms with Crippen LogP contribution in [0.15, 0.2) is 67.0 Å². The Balaban J connectivity index is 1.74. The van der Waals surface area contributed by atoms with Gasteiger partial charge < -0.3 is 4.74 Å². The molecule has 0 atom stereocenters. The Hall–Kier alpha value is -3.19. The minimum atomic E-state index is 0.329. The summed E-state index contributed by atoms with van der Waals surface area (Å²) in [7, 11) is 0. The third-order valence-electron chi connectivity index (χ3n) is 3.18. The van der Waals surface area contributed by atoms with Gasteiger partial charge in [-0.25, -0.2) is 4.98 Å². The van der Waals surface area contributed by atoms with Crippen LogP contribution in [0.3, 0.4) is 0 Å². The highest BCUT2D eigenvalue weighted by atomic mass is 16.5. The maximum absolute atomic E-state index is 9.07. The molecule has 0 radical (unpaired) electrons. The van der Waals surface area contributed by atoms with Crippen molar-refractivity contribution in [3.05, 3.63) is 78.2 Å². The Morgan fingerprint density at radius 3 is 2.36 bits per heavy atom. The van der Waals surface area contributed by atoms with Crippen molar-refractivity contribution in [2.24, 2.45) is 0 Å². The van der Waals surface area contributed by atoms with Crippen molar-refractivity contribution in [2.75, 3.05) is 0 Å². The van der Waals surface area contributed by atoms with Crippen LogP contribution in [0.2, 0.25) is 0 Å². The predicted molar refractivity (Wildman–Crippen MR) is 83.0 cm³/mol. The van der Waals surface area contributed by atoms with Crippen LogP contribution in [0.5, 0.6) is 5.75 Å². The largest absolute Gasteiger partial charge is 0.489 e. The summed E-state index contributed by atoms with van der Waals surface area (Å²) < 4.78 is 5.70. The highest BCUT2D eigenvalue weighted by Crippen LogP contribution is 2.20. The highest BCUT2D eigenvalue weighted by Gasteiger charge is 2.07. The molecule has 0 fully saturated rings. The van der Waals surface area contributed by atoms with E-state index in [0.717, 1.165) is 16.9 Å². The van der Waals surface area contributed by atoms with E-state index in [9.17, 15) is 0 Å². The molecule has 106 valence electrons. The molecule has 0 unspecified atom stereocenters. The van der Waals surface area contributed by atoms with E-state index in [1.54, 1.807) is 6.20 Å². The van der Waals surface area contributed by atoms with Crippen LogP contribution in [0, 0.1) is 11.3 Å². The Labute approximate surface area is 128 Å². The molecule has 1 heterocycles. The van der Waals surface area contributed by atoms with E-state index in [0.29, 0.717) is 18.0 Å². The van der Waals surface area contributed by atoms with Crippen LogP contribution in [0.1, 0.15) is 11.3 Å². The summed E-state index contributed by atoms with van der Waals surface area (Å²) in [5, 5.41) is 9.07. The zero-order chi connectivity index (χ0) is 15.2. The fraction of sp³-hybridized carbons (Fsp3) is 0.0556. The summed E-state index contributed by atoms with van der Waals surface area (Å²) in [5.74, 6) is 0.840. The summed E-state index contributed by atoms with van der Waals surface area (Å²) >= 11 is 0. The van der Waals surface area contributed by atoms with Gasteiger partial charge in [0.1, 0.15) is 24.1 Å². The van der Waals surface area contributed by atoms with Crippen molar-refractivity contribution in [3.8, 4) is 23.1 Å². The van der Waals surface area contributed by atoms with Gasteiger partial charge in [0.2, 0.25) is 0 Å². The molecule has 0 aliphatic carbocycles. The maximum Gasteiger partial charge on any atom is 0.166 e. The molecule has 4 nitrogen and oxygen atoms in total. The summed E-state index contributed by atoms with van der Waals surface area (Å²) in [5.41, 5.74) is 2.85. The van der Waals surface area contributed by atoms with Crippen LogP contribution in [-0.4, -0.2) is 9.97 Å². The Morgan fingerprint density at radius 2 is 1.64 bits per heavy atom. The molecule has 0 aliphatic heterocycles. The molecule has 1 aromatic heterocycles. The zero-order valence-electron chi connectivity index (χ0n) is 11.8. The molecule has 0 N–H and O–H groups in total. The standard InChI is InChI=1S/C18H13N3O/c19-12-17-18(21-11-10-20-17)15-8-6-14(7-9-15)13-22-16-4-2-1-3-5-16/h1-11H,13H2. The number of ether oxygens (including phenoxy) is 1. The lowest BCUT2D eigenvalue weighted by Gasteiger charge is -2.07. The summed E-state index contributed by atoms with van der Waals surface area (Å²) in [6, 6.07) is 19.5. The molecule has 0 aliphatic rings. The lowest BCUT2D eigenvalue weighted by molar-refractivity contribution is 0.306. The molecular weight excluding hydrogens is 274 g/mol. The second kappa shape index (κ2) is 6.51. The van der Waals surface area contributed by atoms with E-state index < -0.39 is 0 Å². The Morgan fingerprint density at radius 1 is 0.909 bits per heavy atom. The summed E-state index contributed by atoms with van der Waals surface area (Å²) in [4.78, 5) is 8.25. The fourth-order valence-electron chi connectivity index (χ4n) is 2.07. The third kappa shape index (κ3) is 3.10. The topological polar surface area (TPSA) is 58.8 Å². The highest BCUT2D eigenvalue weighted by molar-refractivity contribution is 5.64. The van der Waals surface area contributed by atoms with E-state index in [4.69, 9.17) is 10.00 Å². The average Bonchev–Trinajstić information content (AvgIpc) is 2.61. The van der Waals surface area contributed by atoms with Gasteiger partial charge >= 0.3 is 0 Å². The quantitative estimate of drug-likeness (QED) is 0.735. The van der Waals surface area contributed by atoms with E-state index in [1.165, 1.54) is 6.20 Å². The first-order chi connectivity index (χ1) is 10.9. The van der Waals surface area contributed by atoms with Gasteiger partial charge in [0.15, 0.2) is 5.69 Å². The molecule has 2 aromatic carbocycles. The summed E-state index contributed by atoms with van der Waals surface area (Å²) in [6.45, 7) is 0.496. The number of hydrogen-bond donors (Lipinski definition) is 0. The van der Waals surface area contributed by atoms with Crippen molar-refractivity contribution < 1.29 is 4.74 Å². The average molecular weight is 287 g/mol. The Bertz CT molecular complexity index is 793. The van der Waals surface area contributed by atoms with Crippen molar-refractivity contribution >= 4 is 0 Å². The summed E-state index contributed by atoms with van der Waals surface area (Å²) in [6.07, 6.45) is 3.10. The monoisotopic (exact) mass is 287 g/mol. The second-order valence-electron chi connectivity index (χ2n) is 4.66. The van der Waals surface area contributed by atoms with Gasteiger partial charge in [0, 0.05) is 18.0 Å². The molecule has 0 spiro atoms. The van der Waals surface area contributed by atoms with Crippen LogP contribution in [0.25, 0.3) is 11.3 Å². The van der Waals surface area contributed by atoms with Gasteiger partial charge in [-0.05, 0) is 17.7 Å². The van der Waals surface area contributed by atoms with Crippen molar-refractivity contribution in [2.45, 2.75) is 6.61 Å². The van der Waals surface area contributed by atoms with Crippen LogP contribution >= 0.6 is 0 Å².